The Hall–Kier alpha value is -3.06. The van der Waals surface area contributed by atoms with Crippen molar-refractivity contribution in [1.82, 2.24) is 4.40 Å². The first kappa shape index (κ1) is 12.5. The van der Waals surface area contributed by atoms with E-state index in [1.54, 1.807) is 0 Å². The maximum Gasteiger partial charge on any atom is 0.0541 e. The van der Waals surface area contributed by atoms with Gasteiger partial charge >= 0.3 is 0 Å². The highest BCUT2D eigenvalue weighted by Crippen LogP contribution is 2.34. The molecule has 2 aromatic heterocycles. The largest absolute Gasteiger partial charge is 0.309 e. The second-order valence-electron chi connectivity index (χ2n) is 5.87. The van der Waals surface area contributed by atoms with E-state index in [4.69, 9.17) is 0 Å². The number of hydrogen-bond donors (Lipinski definition) is 0. The summed E-state index contributed by atoms with van der Waals surface area (Å²) in [6.45, 7) is 0. The number of fused-ring (bicyclic) bond motifs is 6. The molecule has 5 aromatic rings. The van der Waals surface area contributed by atoms with E-state index < -0.39 is 0 Å². The minimum absolute atomic E-state index is 1.24. The molecule has 0 aliphatic rings. The highest BCUT2D eigenvalue weighted by molar-refractivity contribution is 6.13. The van der Waals surface area contributed by atoms with Crippen LogP contribution in [0.4, 0.5) is 0 Å². The first-order chi connectivity index (χ1) is 11.4. The van der Waals surface area contributed by atoms with Gasteiger partial charge in [-0.25, -0.2) is 0 Å². The molecule has 23 heavy (non-hydrogen) atoms. The zero-order chi connectivity index (χ0) is 15.2. The van der Waals surface area contributed by atoms with Crippen molar-refractivity contribution in [1.29, 1.82) is 0 Å². The lowest BCUT2D eigenvalue weighted by Crippen LogP contribution is -1.92. The molecule has 2 heterocycles. The van der Waals surface area contributed by atoms with Gasteiger partial charge in [-0.3, -0.25) is 0 Å². The van der Waals surface area contributed by atoms with Crippen LogP contribution in [0.2, 0.25) is 0 Å². The van der Waals surface area contributed by atoms with Crippen LogP contribution in [-0.2, 0) is 0 Å². The van der Waals surface area contributed by atoms with Gasteiger partial charge in [0.1, 0.15) is 0 Å². The molecule has 0 radical (unpaired) electrons. The third kappa shape index (κ3) is 1.74. The van der Waals surface area contributed by atoms with E-state index in [0.717, 1.165) is 0 Å². The van der Waals surface area contributed by atoms with E-state index in [0.29, 0.717) is 0 Å². The maximum absolute atomic E-state index is 2.38. The fourth-order valence-electron chi connectivity index (χ4n) is 3.58. The second-order valence-corrected chi connectivity index (χ2v) is 5.87. The van der Waals surface area contributed by atoms with Gasteiger partial charge in [0.05, 0.1) is 16.7 Å². The Morgan fingerprint density at radius 3 is 1.74 bits per heavy atom. The Kier molecular flexibility index (Phi) is 2.56. The minimum atomic E-state index is 1.24. The summed E-state index contributed by atoms with van der Waals surface area (Å²) in [4.78, 5) is 0. The molecule has 0 aliphatic heterocycles. The Morgan fingerprint density at radius 2 is 1.00 bits per heavy atom. The molecule has 0 saturated heterocycles. The third-order valence-corrected chi connectivity index (χ3v) is 4.59. The smallest absolute Gasteiger partial charge is 0.0541 e. The molecule has 0 atom stereocenters. The molecule has 1 nitrogen and oxygen atoms in total. The summed E-state index contributed by atoms with van der Waals surface area (Å²) in [5.41, 5.74) is 5.00. The van der Waals surface area contributed by atoms with Gasteiger partial charge in [-0.05, 0) is 29.1 Å². The Bertz CT molecular complexity index is 1150. The van der Waals surface area contributed by atoms with Crippen molar-refractivity contribution in [3.63, 3.8) is 0 Å². The molecule has 0 bridgehead atoms. The fraction of sp³-hybridized carbons (Fsp3) is 0. The topological polar surface area (TPSA) is 4.41 Å². The van der Waals surface area contributed by atoms with Gasteiger partial charge in [0.15, 0.2) is 0 Å². The van der Waals surface area contributed by atoms with E-state index >= 15 is 0 Å². The molecule has 0 N–H and O–H groups in total. The summed E-state index contributed by atoms with van der Waals surface area (Å²) >= 11 is 0. The molecule has 5 rings (SSSR count). The van der Waals surface area contributed by atoms with Crippen molar-refractivity contribution >= 4 is 27.2 Å². The van der Waals surface area contributed by atoms with E-state index in [1.807, 2.05) is 0 Å². The zero-order valence-corrected chi connectivity index (χ0v) is 12.6. The van der Waals surface area contributed by atoms with Crippen molar-refractivity contribution in [2.75, 3.05) is 0 Å². The van der Waals surface area contributed by atoms with Gasteiger partial charge in [-0.2, -0.15) is 0 Å². The molecule has 0 amide bonds. The predicted molar refractivity (Wildman–Crippen MR) is 97.8 cm³/mol. The monoisotopic (exact) mass is 293 g/mol. The van der Waals surface area contributed by atoms with Crippen LogP contribution in [0, 0.1) is 0 Å². The van der Waals surface area contributed by atoms with Crippen molar-refractivity contribution in [2.24, 2.45) is 0 Å². The second kappa shape index (κ2) is 4.72. The molecule has 0 spiro atoms. The van der Waals surface area contributed by atoms with Crippen LogP contribution in [0.25, 0.3) is 38.4 Å². The first-order valence-corrected chi connectivity index (χ1v) is 7.90. The molecule has 108 valence electrons. The lowest BCUT2D eigenvalue weighted by atomic mass is 10.0. The minimum Gasteiger partial charge on any atom is -0.309 e. The third-order valence-electron chi connectivity index (χ3n) is 4.59. The van der Waals surface area contributed by atoms with Crippen LogP contribution in [0.1, 0.15) is 0 Å². The van der Waals surface area contributed by atoms with E-state index in [9.17, 15) is 0 Å². The number of rotatable bonds is 1. The van der Waals surface area contributed by atoms with E-state index in [1.165, 1.54) is 38.4 Å². The first-order valence-electron chi connectivity index (χ1n) is 7.90. The molecular weight excluding hydrogens is 278 g/mol. The summed E-state index contributed by atoms with van der Waals surface area (Å²) in [6, 6.07) is 32.4. The van der Waals surface area contributed by atoms with Gasteiger partial charge in [0.25, 0.3) is 0 Å². The van der Waals surface area contributed by atoms with Crippen LogP contribution < -0.4 is 0 Å². The average molecular weight is 293 g/mol. The number of pyridine rings is 1. The quantitative estimate of drug-likeness (QED) is 0.338. The lowest BCUT2D eigenvalue weighted by Gasteiger charge is -2.12. The van der Waals surface area contributed by atoms with Gasteiger partial charge in [-0.15, -0.1) is 0 Å². The lowest BCUT2D eigenvalue weighted by molar-refractivity contribution is 1.28. The Balaban J connectivity index is 2.06. The highest BCUT2D eigenvalue weighted by Gasteiger charge is 2.11. The molecule has 0 unspecified atom stereocenters. The number of para-hydroxylation sites is 1. The molecule has 0 saturated carbocycles. The Morgan fingerprint density at radius 1 is 0.435 bits per heavy atom. The molecule has 0 aliphatic carbocycles. The van der Waals surface area contributed by atoms with Crippen LogP contribution >= 0.6 is 0 Å². The van der Waals surface area contributed by atoms with Gasteiger partial charge in [-0.1, -0.05) is 72.8 Å². The van der Waals surface area contributed by atoms with Crippen molar-refractivity contribution in [2.45, 2.75) is 0 Å². The van der Waals surface area contributed by atoms with Crippen LogP contribution in [0.15, 0.2) is 91.0 Å². The number of hydrogen-bond acceptors (Lipinski definition) is 0. The molecule has 0 fully saturated rings. The zero-order valence-electron chi connectivity index (χ0n) is 12.6. The number of aromatic nitrogens is 1. The van der Waals surface area contributed by atoms with E-state index in [-0.39, 0.29) is 0 Å². The molecular formula is C22H15N. The van der Waals surface area contributed by atoms with Gasteiger partial charge < -0.3 is 4.40 Å². The molecule has 3 aromatic carbocycles. The average Bonchev–Trinajstić information content (AvgIpc) is 3.08. The predicted octanol–water partition coefficient (Wildman–Crippen LogP) is 5.91. The van der Waals surface area contributed by atoms with Gasteiger partial charge in [0.2, 0.25) is 0 Å². The number of benzene rings is 3. The van der Waals surface area contributed by atoms with Crippen LogP contribution in [0.3, 0.4) is 0 Å². The van der Waals surface area contributed by atoms with Crippen molar-refractivity contribution < 1.29 is 0 Å². The number of nitrogens with zero attached hydrogens (tertiary/aromatic N) is 1. The summed E-state index contributed by atoms with van der Waals surface area (Å²) < 4.78 is 2.38. The summed E-state index contributed by atoms with van der Waals surface area (Å²) in [6.07, 6.45) is 0. The highest BCUT2D eigenvalue weighted by atomic mass is 14.9. The molecule has 1 heteroatoms. The van der Waals surface area contributed by atoms with Gasteiger partial charge in [0, 0.05) is 10.8 Å². The Labute approximate surface area is 134 Å². The summed E-state index contributed by atoms with van der Waals surface area (Å²) in [5.74, 6) is 0. The van der Waals surface area contributed by atoms with Crippen molar-refractivity contribution in [3.8, 4) is 11.3 Å². The summed E-state index contributed by atoms with van der Waals surface area (Å²) in [5, 5.41) is 3.91. The normalized spacial score (nSPS) is 11.5. The fourth-order valence-corrected chi connectivity index (χ4v) is 3.58. The van der Waals surface area contributed by atoms with E-state index in [2.05, 4.69) is 95.4 Å². The maximum atomic E-state index is 2.38. The van der Waals surface area contributed by atoms with Crippen LogP contribution in [-0.4, -0.2) is 4.40 Å². The van der Waals surface area contributed by atoms with Crippen molar-refractivity contribution in [3.05, 3.63) is 91.0 Å². The summed E-state index contributed by atoms with van der Waals surface area (Å²) in [7, 11) is 0. The van der Waals surface area contributed by atoms with Crippen LogP contribution in [0.5, 0.6) is 0 Å². The SMILES string of the molecule is c1ccc(-c2ccc3c4ccccc4c4ccccc4n23)cc1. The standard InChI is InChI=1S/C22H15N/c1-2-8-16(9-3-1)20-14-15-22-19-11-5-4-10-17(19)18-12-6-7-13-21(18)23(20)22/h1-15H.